The van der Waals surface area contributed by atoms with Crippen LogP contribution in [-0.2, 0) is 7.05 Å². The number of carbonyl (C=O) groups is 1. The third kappa shape index (κ3) is 2.38. The van der Waals surface area contributed by atoms with E-state index in [0.717, 1.165) is 5.39 Å². The molecule has 0 saturated heterocycles. The molecule has 1 heterocycles. The summed E-state index contributed by atoms with van der Waals surface area (Å²) < 4.78 is 28.4. The van der Waals surface area contributed by atoms with Crippen LogP contribution in [0, 0.1) is 11.6 Å². The molecule has 0 aliphatic rings. The van der Waals surface area contributed by atoms with Crippen molar-refractivity contribution in [2.45, 2.75) is 0 Å². The van der Waals surface area contributed by atoms with Gasteiger partial charge in [-0.1, -0.05) is 12.1 Å². The second-order valence-electron chi connectivity index (χ2n) is 4.73. The van der Waals surface area contributed by atoms with Crippen molar-refractivity contribution >= 4 is 22.5 Å². The topological polar surface area (TPSA) is 34.0 Å². The highest BCUT2D eigenvalue weighted by molar-refractivity contribution is 6.06. The minimum absolute atomic E-state index is 0.110. The van der Waals surface area contributed by atoms with Gasteiger partial charge in [0.1, 0.15) is 17.3 Å². The summed E-state index contributed by atoms with van der Waals surface area (Å²) in [6, 6.07) is 11.9. The number of fused-ring (bicyclic) bond motifs is 1. The fraction of sp³-hybridized carbons (Fsp3) is 0.0625. The lowest BCUT2D eigenvalue weighted by molar-refractivity contribution is 0.101. The van der Waals surface area contributed by atoms with Gasteiger partial charge in [0.05, 0.1) is 11.2 Å². The summed E-state index contributed by atoms with van der Waals surface area (Å²) in [5.41, 5.74) is 1.05. The number of carbonyl (C=O) groups excluding carboxylic acids is 1. The van der Waals surface area contributed by atoms with E-state index in [1.807, 2.05) is 0 Å². The maximum Gasteiger partial charge on any atom is 0.272 e. The van der Waals surface area contributed by atoms with Crippen molar-refractivity contribution in [2.24, 2.45) is 7.05 Å². The van der Waals surface area contributed by atoms with Crippen LogP contribution in [0.3, 0.4) is 0 Å². The van der Waals surface area contributed by atoms with Crippen LogP contribution >= 0.6 is 0 Å². The van der Waals surface area contributed by atoms with Gasteiger partial charge in [0.15, 0.2) is 0 Å². The van der Waals surface area contributed by atoms with Crippen molar-refractivity contribution in [3.8, 4) is 0 Å². The molecule has 0 aliphatic heterocycles. The van der Waals surface area contributed by atoms with E-state index < -0.39 is 11.7 Å². The normalized spacial score (nSPS) is 10.8. The lowest BCUT2D eigenvalue weighted by atomic mass is 10.2. The molecule has 5 heteroatoms. The maximum absolute atomic E-state index is 13.6. The average Bonchev–Trinajstić information content (AvgIpc) is 2.79. The van der Waals surface area contributed by atoms with Gasteiger partial charge in [0.2, 0.25) is 0 Å². The van der Waals surface area contributed by atoms with Gasteiger partial charge >= 0.3 is 0 Å². The second kappa shape index (κ2) is 5.01. The van der Waals surface area contributed by atoms with Crippen LogP contribution in [0.2, 0.25) is 0 Å². The predicted molar refractivity (Wildman–Crippen MR) is 77.2 cm³/mol. The molecule has 3 nitrogen and oxygen atoms in total. The number of halogens is 2. The first-order valence-corrected chi connectivity index (χ1v) is 6.37. The average molecular weight is 286 g/mol. The summed E-state index contributed by atoms with van der Waals surface area (Å²) >= 11 is 0. The molecule has 0 saturated carbocycles. The van der Waals surface area contributed by atoms with E-state index in [2.05, 4.69) is 5.32 Å². The zero-order valence-electron chi connectivity index (χ0n) is 11.2. The fourth-order valence-corrected chi connectivity index (χ4v) is 2.27. The largest absolute Gasteiger partial charge is 0.340 e. The van der Waals surface area contributed by atoms with Crippen LogP contribution < -0.4 is 5.32 Å². The Bertz CT molecular complexity index is 839. The smallest absolute Gasteiger partial charge is 0.272 e. The van der Waals surface area contributed by atoms with E-state index in [1.165, 1.54) is 24.3 Å². The number of hydrogen-bond acceptors (Lipinski definition) is 1. The minimum Gasteiger partial charge on any atom is -0.340 e. The monoisotopic (exact) mass is 286 g/mol. The van der Waals surface area contributed by atoms with E-state index >= 15 is 0 Å². The van der Waals surface area contributed by atoms with Gasteiger partial charge in [0, 0.05) is 12.4 Å². The predicted octanol–water partition coefficient (Wildman–Crippen LogP) is 3.71. The SMILES string of the molecule is Cn1c(C(=O)Nc2ccccc2F)cc2ccc(F)cc21. The molecule has 0 spiro atoms. The number of aryl methyl sites for hydroxylation is 1. The van der Waals surface area contributed by atoms with Crippen LogP contribution in [0.5, 0.6) is 0 Å². The molecule has 106 valence electrons. The highest BCUT2D eigenvalue weighted by Gasteiger charge is 2.15. The molecule has 21 heavy (non-hydrogen) atoms. The number of aromatic nitrogens is 1. The van der Waals surface area contributed by atoms with Gasteiger partial charge < -0.3 is 9.88 Å². The highest BCUT2D eigenvalue weighted by atomic mass is 19.1. The number of nitrogens with zero attached hydrogens (tertiary/aromatic N) is 1. The summed E-state index contributed by atoms with van der Waals surface area (Å²) in [6.07, 6.45) is 0. The van der Waals surface area contributed by atoms with Gasteiger partial charge in [-0.3, -0.25) is 4.79 Å². The van der Waals surface area contributed by atoms with Gasteiger partial charge in [-0.05, 0) is 36.4 Å². The van der Waals surface area contributed by atoms with Crippen molar-refractivity contribution < 1.29 is 13.6 Å². The highest BCUT2D eigenvalue weighted by Crippen LogP contribution is 2.21. The Morgan fingerprint density at radius 1 is 1.10 bits per heavy atom. The Morgan fingerprint density at radius 3 is 2.62 bits per heavy atom. The van der Waals surface area contributed by atoms with E-state index in [1.54, 1.807) is 35.9 Å². The van der Waals surface area contributed by atoms with E-state index in [9.17, 15) is 13.6 Å². The van der Waals surface area contributed by atoms with Crippen molar-refractivity contribution in [3.05, 3.63) is 65.9 Å². The van der Waals surface area contributed by atoms with Gasteiger partial charge in [-0.15, -0.1) is 0 Å². The third-order valence-electron chi connectivity index (χ3n) is 3.36. The summed E-state index contributed by atoms with van der Waals surface area (Å²) in [7, 11) is 1.66. The van der Waals surface area contributed by atoms with Crippen LogP contribution in [0.15, 0.2) is 48.5 Å². The van der Waals surface area contributed by atoms with Gasteiger partial charge in [-0.25, -0.2) is 8.78 Å². The molecule has 0 radical (unpaired) electrons. The molecule has 0 aliphatic carbocycles. The first-order chi connectivity index (χ1) is 10.1. The molecular formula is C16H12F2N2O. The molecule has 1 aromatic heterocycles. The number of para-hydroxylation sites is 1. The molecule has 0 bridgehead atoms. The number of hydrogen-bond donors (Lipinski definition) is 1. The number of nitrogens with one attached hydrogen (secondary N) is 1. The van der Waals surface area contributed by atoms with Gasteiger partial charge in [-0.2, -0.15) is 0 Å². The Hall–Kier alpha value is -2.69. The summed E-state index contributed by atoms with van der Waals surface area (Å²) in [4.78, 5) is 12.2. The summed E-state index contributed by atoms with van der Waals surface area (Å²) in [5, 5.41) is 3.26. The summed E-state index contributed by atoms with van der Waals surface area (Å²) in [6.45, 7) is 0. The van der Waals surface area contributed by atoms with Crippen LogP contribution in [0.1, 0.15) is 10.5 Å². The lowest BCUT2D eigenvalue weighted by Gasteiger charge is -2.07. The molecule has 0 atom stereocenters. The fourth-order valence-electron chi connectivity index (χ4n) is 2.27. The zero-order valence-corrected chi connectivity index (χ0v) is 11.2. The van der Waals surface area contributed by atoms with Crippen molar-refractivity contribution in [3.63, 3.8) is 0 Å². The Labute approximate surface area is 119 Å². The molecule has 0 unspecified atom stereocenters. The number of rotatable bonds is 2. The molecular weight excluding hydrogens is 274 g/mol. The number of anilines is 1. The first kappa shape index (κ1) is 13.3. The van der Waals surface area contributed by atoms with Gasteiger partial charge in [0.25, 0.3) is 5.91 Å². The van der Waals surface area contributed by atoms with Crippen molar-refractivity contribution in [2.75, 3.05) is 5.32 Å². The third-order valence-corrected chi connectivity index (χ3v) is 3.36. The zero-order chi connectivity index (χ0) is 15.0. The molecule has 3 rings (SSSR count). The first-order valence-electron chi connectivity index (χ1n) is 6.37. The van der Waals surface area contributed by atoms with E-state index in [0.29, 0.717) is 11.2 Å². The molecule has 1 N–H and O–H groups in total. The molecule has 0 fully saturated rings. The Kier molecular flexibility index (Phi) is 3.17. The second-order valence-corrected chi connectivity index (χ2v) is 4.73. The van der Waals surface area contributed by atoms with Crippen LogP contribution in [0.25, 0.3) is 10.9 Å². The minimum atomic E-state index is -0.504. The van der Waals surface area contributed by atoms with Crippen LogP contribution in [0.4, 0.5) is 14.5 Å². The molecule has 3 aromatic rings. The number of amides is 1. The summed E-state index contributed by atoms with van der Waals surface area (Å²) in [5.74, 6) is -1.32. The quantitative estimate of drug-likeness (QED) is 0.765. The molecule has 1 amide bonds. The van der Waals surface area contributed by atoms with Crippen molar-refractivity contribution in [1.29, 1.82) is 0 Å². The van der Waals surface area contributed by atoms with Crippen molar-refractivity contribution in [1.82, 2.24) is 4.57 Å². The standard InChI is InChI=1S/C16H12F2N2O/c1-20-14-9-11(17)7-6-10(14)8-15(20)16(21)19-13-5-3-2-4-12(13)18/h2-9H,1H3,(H,19,21). The van der Waals surface area contributed by atoms with Crippen LogP contribution in [-0.4, -0.2) is 10.5 Å². The maximum atomic E-state index is 13.6. The van der Waals surface area contributed by atoms with E-state index in [4.69, 9.17) is 0 Å². The Morgan fingerprint density at radius 2 is 1.86 bits per heavy atom. The Balaban J connectivity index is 1.99. The lowest BCUT2D eigenvalue weighted by Crippen LogP contribution is -2.16. The molecule has 2 aromatic carbocycles. The number of benzene rings is 2. The van der Waals surface area contributed by atoms with E-state index in [-0.39, 0.29) is 11.5 Å².